The number of hydrogen-bond acceptors (Lipinski definition) is 4. The second-order valence-corrected chi connectivity index (χ2v) is 5.66. The highest BCUT2D eigenvalue weighted by Gasteiger charge is 2.29. The first-order valence-electron chi connectivity index (χ1n) is 6.46. The van der Waals surface area contributed by atoms with Gasteiger partial charge in [-0.25, -0.2) is 4.79 Å². The van der Waals surface area contributed by atoms with Crippen molar-refractivity contribution < 1.29 is 14.3 Å². The Morgan fingerprint density at radius 3 is 2.58 bits per heavy atom. The van der Waals surface area contributed by atoms with E-state index in [1.165, 1.54) is 0 Å². The Kier molecular flexibility index (Phi) is 5.16. The van der Waals surface area contributed by atoms with Gasteiger partial charge in [-0.05, 0) is 27.2 Å². The summed E-state index contributed by atoms with van der Waals surface area (Å²) in [6, 6.07) is 2.12. The van der Waals surface area contributed by atoms with Crippen LogP contribution in [-0.4, -0.2) is 42.1 Å². The van der Waals surface area contributed by atoms with Crippen molar-refractivity contribution in [1.82, 2.24) is 10.2 Å². The van der Waals surface area contributed by atoms with Crippen molar-refractivity contribution in [3.63, 3.8) is 0 Å². The lowest BCUT2D eigenvalue weighted by molar-refractivity contribution is -0.136. The molecule has 2 amide bonds. The van der Waals surface area contributed by atoms with E-state index >= 15 is 0 Å². The van der Waals surface area contributed by atoms with Crippen molar-refractivity contribution in [3.05, 3.63) is 0 Å². The molecule has 1 saturated heterocycles. The molecule has 1 rings (SSSR count). The van der Waals surface area contributed by atoms with Crippen LogP contribution in [0.1, 0.15) is 33.6 Å². The van der Waals surface area contributed by atoms with E-state index in [1.54, 1.807) is 25.7 Å². The van der Waals surface area contributed by atoms with Crippen LogP contribution in [0, 0.1) is 17.2 Å². The van der Waals surface area contributed by atoms with E-state index < -0.39 is 11.7 Å². The third-order valence-corrected chi connectivity index (χ3v) is 2.65. The van der Waals surface area contributed by atoms with E-state index in [2.05, 4.69) is 11.4 Å². The Morgan fingerprint density at radius 2 is 2.05 bits per heavy atom. The molecule has 0 radical (unpaired) electrons. The molecule has 19 heavy (non-hydrogen) atoms. The summed E-state index contributed by atoms with van der Waals surface area (Å²) in [5, 5.41) is 11.2. The van der Waals surface area contributed by atoms with Crippen molar-refractivity contribution in [2.45, 2.75) is 39.2 Å². The fourth-order valence-electron chi connectivity index (χ4n) is 1.67. The maximum absolute atomic E-state index is 11.6. The minimum atomic E-state index is -0.510. The number of nitrogens with zero attached hydrogens (tertiary/aromatic N) is 2. The predicted octanol–water partition coefficient (Wildman–Crippen LogP) is 1.27. The van der Waals surface area contributed by atoms with E-state index in [0.717, 1.165) is 0 Å². The molecular formula is C13H21N3O3. The van der Waals surface area contributed by atoms with Gasteiger partial charge in [-0.3, -0.25) is 4.79 Å². The van der Waals surface area contributed by atoms with Crippen molar-refractivity contribution in [2.24, 2.45) is 5.92 Å². The fraction of sp³-hybridized carbons (Fsp3) is 0.769. The van der Waals surface area contributed by atoms with E-state index in [9.17, 15) is 9.59 Å². The van der Waals surface area contributed by atoms with Gasteiger partial charge in [0.1, 0.15) is 5.60 Å². The summed E-state index contributed by atoms with van der Waals surface area (Å²) in [4.78, 5) is 24.6. The molecule has 0 saturated carbocycles. The molecule has 1 aliphatic rings. The number of rotatable bonds is 4. The molecule has 6 heteroatoms. The minimum absolute atomic E-state index is 0.0103. The Bertz CT molecular complexity index is 376. The summed E-state index contributed by atoms with van der Waals surface area (Å²) < 4.78 is 5.07. The van der Waals surface area contributed by atoms with Crippen LogP contribution in [-0.2, 0) is 9.53 Å². The van der Waals surface area contributed by atoms with Gasteiger partial charge in [-0.2, -0.15) is 5.26 Å². The van der Waals surface area contributed by atoms with Gasteiger partial charge in [0.05, 0.1) is 12.0 Å². The summed E-state index contributed by atoms with van der Waals surface area (Å²) >= 11 is 0. The highest BCUT2D eigenvalue weighted by molar-refractivity contribution is 5.77. The zero-order chi connectivity index (χ0) is 14.5. The van der Waals surface area contributed by atoms with E-state index in [-0.39, 0.29) is 11.8 Å². The van der Waals surface area contributed by atoms with Crippen LogP contribution in [0.15, 0.2) is 0 Å². The first-order valence-corrected chi connectivity index (χ1v) is 6.46. The lowest BCUT2D eigenvalue weighted by Gasteiger charge is -2.35. The third-order valence-electron chi connectivity index (χ3n) is 2.65. The standard InChI is InChI=1S/C13H21N3O3/c1-13(2,3)19-12(18)15-6-4-5-11(17)16-8-10(7-14)9-16/h10H,4-6,8-9H2,1-3H3,(H,15,18). The van der Waals surface area contributed by atoms with Gasteiger partial charge in [0.15, 0.2) is 0 Å². The van der Waals surface area contributed by atoms with Crippen LogP contribution in [0.25, 0.3) is 0 Å². The maximum atomic E-state index is 11.6. The maximum Gasteiger partial charge on any atom is 0.407 e. The average Bonchev–Trinajstić information content (AvgIpc) is 2.20. The van der Waals surface area contributed by atoms with E-state index in [1.807, 2.05) is 0 Å². The normalized spacial score (nSPS) is 15.4. The molecular weight excluding hydrogens is 246 g/mol. The molecule has 0 bridgehead atoms. The quantitative estimate of drug-likeness (QED) is 0.778. The minimum Gasteiger partial charge on any atom is -0.444 e. The van der Waals surface area contributed by atoms with Crippen LogP contribution in [0.5, 0.6) is 0 Å². The molecule has 0 spiro atoms. The number of likely N-dealkylation sites (tertiary alicyclic amines) is 1. The molecule has 1 aliphatic heterocycles. The Balaban J connectivity index is 2.07. The fourth-order valence-corrected chi connectivity index (χ4v) is 1.67. The van der Waals surface area contributed by atoms with Gasteiger partial charge < -0.3 is 15.0 Å². The number of carbonyl (C=O) groups is 2. The van der Waals surface area contributed by atoms with Crippen molar-refractivity contribution in [2.75, 3.05) is 19.6 Å². The Hall–Kier alpha value is -1.77. The van der Waals surface area contributed by atoms with Crippen LogP contribution in [0.4, 0.5) is 4.79 Å². The second-order valence-electron chi connectivity index (χ2n) is 5.66. The number of hydrogen-bond donors (Lipinski definition) is 1. The monoisotopic (exact) mass is 267 g/mol. The Labute approximate surface area is 113 Å². The average molecular weight is 267 g/mol. The van der Waals surface area contributed by atoms with Gasteiger partial charge in [0.2, 0.25) is 5.91 Å². The molecule has 0 aromatic carbocycles. The number of carbonyl (C=O) groups excluding carboxylic acids is 2. The summed E-state index contributed by atoms with van der Waals surface area (Å²) in [6.45, 7) is 6.88. The van der Waals surface area contributed by atoms with Gasteiger partial charge in [-0.1, -0.05) is 0 Å². The smallest absolute Gasteiger partial charge is 0.407 e. The molecule has 1 fully saturated rings. The number of nitriles is 1. The lowest BCUT2D eigenvalue weighted by atomic mass is 10.0. The molecule has 1 heterocycles. The second kappa shape index (κ2) is 6.41. The van der Waals surface area contributed by atoms with Crippen molar-refractivity contribution >= 4 is 12.0 Å². The third kappa shape index (κ3) is 5.60. The molecule has 0 aliphatic carbocycles. The van der Waals surface area contributed by atoms with Gasteiger partial charge in [-0.15, -0.1) is 0 Å². The highest BCUT2D eigenvalue weighted by Crippen LogP contribution is 2.15. The molecule has 0 unspecified atom stereocenters. The lowest BCUT2D eigenvalue weighted by Crippen LogP contribution is -2.49. The number of amides is 2. The summed E-state index contributed by atoms with van der Waals surface area (Å²) in [5.41, 5.74) is -0.510. The summed E-state index contributed by atoms with van der Waals surface area (Å²) in [6.07, 6.45) is 0.494. The summed E-state index contributed by atoms with van der Waals surface area (Å²) in [5.74, 6) is 0.0290. The van der Waals surface area contributed by atoms with Crippen LogP contribution in [0.3, 0.4) is 0 Å². The van der Waals surface area contributed by atoms with Gasteiger partial charge in [0, 0.05) is 26.1 Å². The van der Waals surface area contributed by atoms with Crippen LogP contribution in [0.2, 0.25) is 0 Å². The first-order chi connectivity index (χ1) is 8.81. The zero-order valence-electron chi connectivity index (χ0n) is 11.7. The molecule has 6 nitrogen and oxygen atoms in total. The van der Waals surface area contributed by atoms with Gasteiger partial charge in [0.25, 0.3) is 0 Å². The molecule has 1 N–H and O–H groups in total. The molecule has 0 atom stereocenters. The van der Waals surface area contributed by atoms with Crippen molar-refractivity contribution in [3.8, 4) is 6.07 Å². The molecule has 106 valence electrons. The topological polar surface area (TPSA) is 82.4 Å². The summed E-state index contributed by atoms with van der Waals surface area (Å²) in [7, 11) is 0. The van der Waals surface area contributed by atoms with E-state index in [4.69, 9.17) is 10.00 Å². The Morgan fingerprint density at radius 1 is 1.42 bits per heavy atom. The van der Waals surface area contributed by atoms with E-state index in [0.29, 0.717) is 32.5 Å². The predicted molar refractivity (Wildman–Crippen MR) is 69.2 cm³/mol. The van der Waals surface area contributed by atoms with Gasteiger partial charge >= 0.3 is 6.09 Å². The number of ether oxygens (including phenoxy) is 1. The van der Waals surface area contributed by atoms with Crippen LogP contribution >= 0.6 is 0 Å². The molecule has 0 aromatic heterocycles. The number of nitrogens with one attached hydrogen (secondary N) is 1. The van der Waals surface area contributed by atoms with Crippen molar-refractivity contribution in [1.29, 1.82) is 5.26 Å². The zero-order valence-corrected chi connectivity index (χ0v) is 11.7. The first kappa shape index (κ1) is 15.3. The highest BCUT2D eigenvalue weighted by atomic mass is 16.6. The number of alkyl carbamates (subject to hydrolysis) is 1. The molecule has 0 aromatic rings. The SMILES string of the molecule is CC(C)(C)OC(=O)NCCCC(=O)N1CC(C#N)C1. The van der Waals surface area contributed by atoms with Crippen LogP contribution < -0.4 is 5.32 Å². The largest absolute Gasteiger partial charge is 0.444 e.